The molecule has 0 saturated heterocycles. The van der Waals surface area contributed by atoms with Crippen molar-refractivity contribution in [2.75, 3.05) is 7.11 Å². The van der Waals surface area contributed by atoms with Crippen LogP contribution in [0, 0.1) is 10.1 Å². The molecule has 136 valence electrons. The average molecular weight is 382 g/mol. The Morgan fingerprint density at radius 1 is 1.26 bits per heavy atom. The molecule has 2 aromatic carbocycles. The van der Waals surface area contributed by atoms with Gasteiger partial charge >= 0.3 is 5.97 Å². The van der Waals surface area contributed by atoms with Crippen molar-refractivity contribution in [1.82, 2.24) is 14.8 Å². The van der Waals surface area contributed by atoms with Gasteiger partial charge in [-0.05, 0) is 41.6 Å². The molecule has 3 aromatic rings. The van der Waals surface area contributed by atoms with Crippen molar-refractivity contribution in [1.29, 1.82) is 0 Å². The zero-order valence-electron chi connectivity index (χ0n) is 14.2. The molecule has 0 aliphatic carbocycles. The number of nitro groups is 1. The van der Waals surface area contributed by atoms with Gasteiger partial charge in [0.25, 0.3) is 5.69 Å². The minimum atomic E-state index is -0.535. The van der Waals surface area contributed by atoms with Crippen LogP contribution in [0.2, 0.25) is 0 Å². The Hall–Kier alpha value is -3.46. The lowest BCUT2D eigenvalue weighted by Gasteiger charge is -2.02. The lowest BCUT2D eigenvalue weighted by atomic mass is 10.2. The molecule has 8 nitrogen and oxygen atoms in total. The van der Waals surface area contributed by atoms with Crippen LogP contribution in [0.5, 0.6) is 0 Å². The smallest absolute Gasteiger partial charge is 0.330 e. The Balaban J connectivity index is 1.84. The number of methoxy groups -OCH3 is 1. The number of ether oxygens (including phenoxy) is 1. The third kappa shape index (κ3) is 4.59. The van der Waals surface area contributed by atoms with Crippen molar-refractivity contribution >= 4 is 29.5 Å². The van der Waals surface area contributed by atoms with Crippen molar-refractivity contribution in [2.24, 2.45) is 0 Å². The van der Waals surface area contributed by atoms with E-state index in [0.29, 0.717) is 15.6 Å². The highest BCUT2D eigenvalue weighted by Crippen LogP contribution is 2.34. The molecular formula is C18H14N4O4S. The van der Waals surface area contributed by atoms with Crippen LogP contribution in [-0.2, 0) is 9.53 Å². The summed E-state index contributed by atoms with van der Waals surface area (Å²) in [5.74, 6) is -0.535. The fraction of sp³-hybridized carbons (Fsp3) is 0.0556. The molecule has 0 amide bonds. The Morgan fingerprint density at radius 3 is 2.74 bits per heavy atom. The van der Waals surface area contributed by atoms with Gasteiger partial charge in [0, 0.05) is 12.1 Å². The maximum atomic E-state index is 11.4. The van der Waals surface area contributed by atoms with Gasteiger partial charge in [0.05, 0.1) is 22.6 Å². The lowest BCUT2D eigenvalue weighted by Crippen LogP contribution is -1.95. The van der Waals surface area contributed by atoms with Crippen LogP contribution in [0.3, 0.4) is 0 Å². The van der Waals surface area contributed by atoms with E-state index in [2.05, 4.69) is 14.8 Å². The molecule has 0 unspecified atom stereocenters. The van der Waals surface area contributed by atoms with Gasteiger partial charge in [-0.1, -0.05) is 24.3 Å². The van der Waals surface area contributed by atoms with E-state index in [0.717, 1.165) is 17.4 Å². The number of hydrogen-bond acceptors (Lipinski definition) is 7. The maximum Gasteiger partial charge on any atom is 0.330 e. The van der Waals surface area contributed by atoms with E-state index in [1.54, 1.807) is 23.1 Å². The van der Waals surface area contributed by atoms with Crippen molar-refractivity contribution in [3.8, 4) is 5.69 Å². The standard InChI is InChI=1S/C18H14N4O4S/c1-26-17(23)10-8-13-7-9-16(15(11-13)22(24)25)27-18-19-12-21(20-18)14-5-3-2-4-6-14/h2-12H,1H3/b10-8+. The minimum Gasteiger partial charge on any atom is -0.466 e. The van der Waals surface area contributed by atoms with Gasteiger partial charge in [-0.3, -0.25) is 10.1 Å². The topological polar surface area (TPSA) is 100 Å². The van der Waals surface area contributed by atoms with Gasteiger partial charge in [0.1, 0.15) is 6.33 Å². The number of carbonyl (C=O) groups is 1. The fourth-order valence-corrected chi connectivity index (χ4v) is 3.00. The molecule has 0 aliphatic heterocycles. The highest BCUT2D eigenvalue weighted by Gasteiger charge is 2.17. The highest BCUT2D eigenvalue weighted by atomic mass is 32.2. The van der Waals surface area contributed by atoms with Gasteiger partial charge in [-0.15, -0.1) is 5.10 Å². The van der Waals surface area contributed by atoms with E-state index in [4.69, 9.17) is 0 Å². The number of benzene rings is 2. The second-order valence-electron chi connectivity index (χ2n) is 5.25. The lowest BCUT2D eigenvalue weighted by molar-refractivity contribution is -0.387. The van der Waals surface area contributed by atoms with Crippen LogP contribution in [0.4, 0.5) is 5.69 Å². The molecule has 0 spiro atoms. The minimum absolute atomic E-state index is 0.0944. The molecule has 3 rings (SSSR count). The summed E-state index contributed by atoms with van der Waals surface area (Å²) in [4.78, 5) is 26.7. The second-order valence-corrected chi connectivity index (χ2v) is 6.26. The molecule has 9 heteroatoms. The van der Waals surface area contributed by atoms with Crippen molar-refractivity contribution in [3.63, 3.8) is 0 Å². The number of esters is 1. The van der Waals surface area contributed by atoms with Crippen LogP contribution < -0.4 is 0 Å². The first kappa shape index (κ1) is 18.3. The van der Waals surface area contributed by atoms with Crippen LogP contribution in [0.25, 0.3) is 11.8 Å². The first-order valence-electron chi connectivity index (χ1n) is 7.76. The highest BCUT2D eigenvalue weighted by molar-refractivity contribution is 7.99. The van der Waals surface area contributed by atoms with Crippen molar-refractivity contribution in [3.05, 3.63) is 76.6 Å². The number of aromatic nitrogens is 3. The van der Waals surface area contributed by atoms with Gasteiger partial charge in [0.15, 0.2) is 0 Å². The summed E-state index contributed by atoms with van der Waals surface area (Å²) in [6.45, 7) is 0. The Kier molecular flexibility index (Phi) is 5.62. The van der Waals surface area contributed by atoms with Crippen molar-refractivity contribution in [2.45, 2.75) is 10.1 Å². The van der Waals surface area contributed by atoms with Gasteiger partial charge < -0.3 is 4.74 Å². The molecule has 27 heavy (non-hydrogen) atoms. The van der Waals surface area contributed by atoms with E-state index >= 15 is 0 Å². The van der Waals surface area contributed by atoms with E-state index in [1.807, 2.05) is 30.3 Å². The number of nitro benzene ring substituents is 1. The van der Waals surface area contributed by atoms with E-state index in [9.17, 15) is 14.9 Å². The van der Waals surface area contributed by atoms with E-state index in [-0.39, 0.29) is 5.69 Å². The normalized spacial score (nSPS) is 10.9. The molecule has 0 radical (unpaired) electrons. The van der Waals surface area contributed by atoms with Crippen LogP contribution in [-0.4, -0.2) is 32.8 Å². The summed E-state index contributed by atoms with van der Waals surface area (Å²) < 4.78 is 6.11. The third-order valence-electron chi connectivity index (χ3n) is 3.49. The molecule has 0 aliphatic rings. The van der Waals surface area contributed by atoms with E-state index in [1.165, 1.54) is 25.3 Å². The third-order valence-corrected chi connectivity index (χ3v) is 4.42. The Labute approximate surface area is 158 Å². The maximum absolute atomic E-state index is 11.4. The number of nitrogens with zero attached hydrogens (tertiary/aromatic N) is 4. The van der Waals surface area contributed by atoms with Crippen LogP contribution in [0.15, 0.2) is 71.0 Å². The summed E-state index contributed by atoms with van der Waals surface area (Å²) in [5.41, 5.74) is 1.26. The molecule has 0 saturated carbocycles. The number of para-hydroxylation sites is 1. The largest absolute Gasteiger partial charge is 0.466 e. The summed E-state index contributed by atoms with van der Waals surface area (Å²) in [6, 6.07) is 14.1. The predicted octanol–water partition coefficient (Wildman–Crippen LogP) is 3.51. The molecule has 0 N–H and O–H groups in total. The van der Waals surface area contributed by atoms with Gasteiger partial charge in [-0.2, -0.15) is 0 Å². The SMILES string of the molecule is COC(=O)/C=C/c1ccc(Sc2ncn(-c3ccccc3)n2)c([N+](=O)[O-])c1. The van der Waals surface area contributed by atoms with Gasteiger partial charge in [-0.25, -0.2) is 14.5 Å². The second kappa shape index (κ2) is 8.28. The monoisotopic (exact) mass is 382 g/mol. The zero-order chi connectivity index (χ0) is 19.2. The summed E-state index contributed by atoms with van der Waals surface area (Å²) >= 11 is 1.10. The average Bonchev–Trinajstić information content (AvgIpc) is 3.16. The number of rotatable bonds is 6. The molecule has 0 fully saturated rings. The quantitative estimate of drug-likeness (QED) is 0.278. The van der Waals surface area contributed by atoms with Crippen molar-refractivity contribution < 1.29 is 14.5 Å². The first-order valence-corrected chi connectivity index (χ1v) is 8.58. The fourth-order valence-electron chi connectivity index (χ4n) is 2.20. The zero-order valence-corrected chi connectivity index (χ0v) is 15.0. The van der Waals surface area contributed by atoms with E-state index < -0.39 is 10.9 Å². The summed E-state index contributed by atoms with van der Waals surface area (Å²) in [7, 11) is 1.26. The van der Waals surface area contributed by atoms with Crippen LogP contribution >= 0.6 is 11.8 Å². The number of carbonyl (C=O) groups excluding carboxylic acids is 1. The summed E-state index contributed by atoms with van der Waals surface area (Å²) in [5, 5.41) is 16.1. The van der Waals surface area contributed by atoms with Crippen LogP contribution in [0.1, 0.15) is 5.56 Å². The molecule has 0 bridgehead atoms. The Morgan fingerprint density at radius 2 is 2.04 bits per heavy atom. The Bertz CT molecular complexity index is 1000. The molecular weight excluding hydrogens is 368 g/mol. The predicted molar refractivity (Wildman–Crippen MR) is 99.6 cm³/mol. The van der Waals surface area contributed by atoms with Gasteiger partial charge in [0.2, 0.25) is 5.16 Å². The molecule has 0 atom stereocenters. The summed E-state index contributed by atoms with van der Waals surface area (Å²) in [6.07, 6.45) is 4.21. The first-order chi connectivity index (χ1) is 13.1. The molecule has 1 heterocycles. The molecule has 1 aromatic heterocycles. The number of hydrogen-bond donors (Lipinski definition) is 0.